The Morgan fingerprint density at radius 3 is 2.26 bits per heavy atom. The number of carbonyl (C=O) groups is 1. The molecule has 0 radical (unpaired) electrons. The summed E-state index contributed by atoms with van der Waals surface area (Å²) in [6.45, 7) is 0. The molecule has 0 unspecified atom stereocenters. The molecule has 1 amide bonds. The third kappa shape index (κ3) is 5.60. The van der Waals surface area contributed by atoms with Gasteiger partial charge in [-0.1, -0.05) is 35.9 Å². The van der Waals surface area contributed by atoms with Gasteiger partial charge in [0.1, 0.15) is 0 Å². The highest BCUT2D eigenvalue weighted by Gasteiger charge is 1.95. The van der Waals surface area contributed by atoms with Crippen molar-refractivity contribution in [2.45, 2.75) is 0 Å². The van der Waals surface area contributed by atoms with E-state index in [-0.39, 0.29) is 5.91 Å². The van der Waals surface area contributed by atoms with Crippen molar-refractivity contribution in [3.8, 4) is 0 Å². The van der Waals surface area contributed by atoms with Crippen molar-refractivity contribution in [3.05, 3.63) is 70.8 Å². The zero-order valence-corrected chi connectivity index (χ0v) is 13.8. The molecule has 0 saturated carbocycles. The van der Waals surface area contributed by atoms with Crippen LogP contribution in [0.25, 0.3) is 6.08 Å². The van der Waals surface area contributed by atoms with E-state index in [4.69, 9.17) is 11.6 Å². The molecule has 4 nitrogen and oxygen atoms in total. The van der Waals surface area contributed by atoms with Crippen molar-refractivity contribution < 1.29 is 4.79 Å². The zero-order valence-electron chi connectivity index (χ0n) is 13.0. The number of hydrazone groups is 1. The second-order valence-corrected chi connectivity index (χ2v) is 5.54. The molecule has 0 fully saturated rings. The predicted octanol–water partition coefficient (Wildman–Crippen LogP) is 3.57. The second kappa shape index (κ2) is 8.15. The van der Waals surface area contributed by atoms with Crippen molar-refractivity contribution in [2.24, 2.45) is 5.10 Å². The average molecular weight is 328 g/mol. The molecule has 118 valence electrons. The molecule has 0 bridgehead atoms. The van der Waals surface area contributed by atoms with Gasteiger partial charge in [0.15, 0.2) is 0 Å². The maximum atomic E-state index is 11.7. The van der Waals surface area contributed by atoms with Crippen molar-refractivity contribution in [1.82, 2.24) is 5.43 Å². The fraction of sp³-hybridized carbons (Fsp3) is 0.111. The minimum atomic E-state index is -0.291. The van der Waals surface area contributed by atoms with E-state index in [1.54, 1.807) is 24.4 Å². The number of hydrogen-bond acceptors (Lipinski definition) is 3. The van der Waals surface area contributed by atoms with Gasteiger partial charge in [0.25, 0.3) is 5.91 Å². The summed E-state index contributed by atoms with van der Waals surface area (Å²) in [6.07, 6.45) is 4.73. The molecule has 0 heterocycles. The minimum absolute atomic E-state index is 0.291. The van der Waals surface area contributed by atoms with Gasteiger partial charge in [-0.25, -0.2) is 5.43 Å². The third-order valence-electron chi connectivity index (χ3n) is 3.10. The van der Waals surface area contributed by atoms with Crippen LogP contribution in [0, 0.1) is 0 Å². The monoisotopic (exact) mass is 327 g/mol. The summed E-state index contributed by atoms with van der Waals surface area (Å²) in [5, 5.41) is 4.60. The Labute approximate surface area is 141 Å². The van der Waals surface area contributed by atoms with Crippen LogP contribution in [0.15, 0.2) is 59.7 Å². The van der Waals surface area contributed by atoms with Crippen molar-refractivity contribution >= 4 is 35.5 Å². The van der Waals surface area contributed by atoms with Crippen LogP contribution < -0.4 is 10.3 Å². The van der Waals surface area contributed by atoms with Gasteiger partial charge in [-0.15, -0.1) is 0 Å². The van der Waals surface area contributed by atoms with E-state index in [0.717, 1.165) is 16.8 Å². The van der Waals surface area contributed by atoms with Gasteiger partial charge < -0.3 is 4.90 Å². The quantitative estimate of drug-likeness (QED) is 0.518. The maximum absolute atomic E-state index is 11.7. The van der Waals surface area contributed by atoms with Gasteiger partial charge in [-0.05, 0) is 41.5 Å². The van der Waals surface area contributed by atoms with E-state index in [2.05, 4.69) is 10.5 Å². The Kier molecular flexibility index (Phi) is 5.94. The summed E-state index contributed by atoms with van der Waals surface area (Å²) in [4.78, 5) is 13.7. The number of nitrogens with zero attached hydrogens (tertiary/aromatic N) is 2. The van der Waals surface area contributed by atoms with Crippen LogP contribution in [0.2, 0.25) is 5.02 Å². The maximum Gasteiger partial charge on any atom is 0.264 e. The molecular weight excluding hydrogens is 310 g/mol. The molecule has 2 aromatic carbocycles. The van der Waals surface area contributed by atoms with Crippen LogP contribution in [0.5, 0.6) is 0 Å². The summed E-state index contributed by atoms with van der Waals surface area (Å²) in [5.41, 5.74) is 5.38. The summed E-state index contributed by atoms with van der Waals surface area (Å²) < 4.78 is 0. The Bertz CT molecular complexity index is 704. The SMILES string of the molecule is CN(C)c1ccc(/C=N\NC(=O)/C=C/c2ccc(Cl)cc2)cc1. The highest BCUT2D eigenvalue weighted by Crippen LogP contribution is 2.11. The topological polar surface area (TPSA) is 44.7 Å². The second-order valence-electron chi connectivity index (χ2n) is 5.11. The Morgan fingerprint density at radius 1 is 1.04 bits per heavy atom. The van der Waals surface area contributed by atoms with Crippen LogP contribution in [0.1, 0.15) is 11.1 Å². The number of carbonyl (C=O) groups excluding carboxylic acids is 1. The standard InChI is InChI=1S/C18H18ClN3O/c1-22(2)17-10-5-15(6-11-17)13-20-21-18(23)12-7-14-3-8-16(19)9-4-14/h3-13H,1-2H3,(H,21,23)/b12-7+,20-13-. The third-order valence-corrected chi connectivity index (χ3v) is 3.35. The highest BCUT2D eigenvalue weighted by atomic mass is 35.5. The number of nitrogens with one attached hydrogen (secondary N) is 1. The van der Waals surface area contributed by atoms with Gasteiger partial charge in [-0.3, -0.25) is 4.79 Å². The first-order valence-electron chi connectivity index (χ1n) is 7.09. The molecule has 1 N–H and O–H groups in total. The fourth-order valence-electron chi connectivity index (χ4n) is 1.81. The van der Waals surface area contributed by atoms with E-state index in [9.17, 15) is 4.79 Å². The van der Waals surface area contributed by atoms with E-state index >= 15 is 0 Å². The van der Waals surface area contributed by atoms with Crippen LogP contribution >= 0.6 is 11.6 Å². The van der Waals surface area contributed by atoms with Gasteiger partial charge in [0.05, 0.1) is 6.21 Å². The van der Waals surface area contributed by atoms with Crippen molar-refractivity contribution in [3.63, 3.8) is 0 Å². The fourth-order valence-corrected chi connectivity index (χ4v) is 1.94. The van der Waals surface area contributed by atoms with Gasteiger partial charge >= 0.3 is 0 Å². The zero-order chi connectivity index (χ0) is 16.7. The van der Waals surface area contributed by atoms with Crippen LogP contribution in [-0.2, 0) is 4.79 Å². The molecule has 0 aromatic heterocycles. The molecule has 0 spiro atoms. The molecule has 2 rings (SSSR count). The van der Waals surface area contributed by atoms with Crippen LogP contribution in [0.3, 0.4) is 0 Å². The molecule has 5 heteroatoms. The van der Waals surface area contributed by atoms with Gasteiger partial charge in [0.2, 0.25) is 0 Å². The van der Waals surface area contributed by atoms with Crippen LogP contribution in [0.4, 0.5) is 5.69 Å². The Balaban J connectivity index is 1.87. The molecule has 2 aromatic rings. The lowest BCUT2D eigenvalue weighted by molar-refractivity contribution is -0.116. The predicted molar refractivity (Wildman–Crippen MR) is 97.0 cm³/mol. The molecule has 0 aliphatic heterocycles. The number of hydrogen-bond donors (Lipinski definition) is 1. The van der Waals surface area contributed by atoms with Crippen molar-refractivity contribution in [2.75, 3.05) is 19.0 Å². The Morgan fingerprint density at radius 2 is 1.65 bits per heavy atom. The Hall–Kier alpha value is -2.59. The van der Waals surface area contributed by atoms with Crippen LogP contribution in [-0.4, -0.2) is 26.2 Å². The van der Waals surface area contributed by atoms with E-state index < -0.39 is 0 Å². The van der Waals surface area contributed by atoms with Crippen molar-refractivity contribution in [1.29, 1.82) is 0 Å². The molecule has 23 heavy (non-hydrogen) atoms. The number of anilines is 1. The molecule has 0 aliphatic rings. The van der Waals surface area contributed by atoms with E-state index in [0.29, 0.717) is 5.02 Å². The average Bonchev–Trinajstić information content (AvgIpc) is 2.55. The normalized spacial score (nSPS) is 11.1. The van der Waals surface area contributed by atoms with Gasteiger partial charge in [0, 0.05) is 30.9 Å². The summed E-state index contributed by atoms with van der Waals surface area (Å²) >= 11 is 5.80. The highest BCUT2D eigenvalue weighted by molar-refractivity contribution is 6.30. The molecule has 0 atom stereocenters. The molecular formula is C18H18ClN3O. The first-order valence-corrected chi connectivity index (χ1v) is 7.46. The number of halogens is 1. The minimum Gasteiger partial charge on any atom is -0.378 e. The lowest BCUT2D eigenvalue weighted by Crippen LogP contribution is -2.14. The lowest BCUT2D eigenvalue weighted by atomic mass is 10.2. The summed E-state index contributed by atoms with van der Waals surface area (Å²) in [6, 6.07) is 15.1. The first kappa shape index (κ1) is 16.8. The lowest BCUT2D eigenvalue weighted by Gasteiger charge is -2.11. The van der Waals surface area contributed by atoms with E-state index in [1.807, 2.05) is 55.4 Å². The largest absolute Gasteiger partial charge is 0.378 e. The summed E-state index contributed by atoms with van der Waals surface area (Å²) in [7, 11) is 3.96. The first-order chi connectivity index (χ1) is 11.0. The molecule has 0 aliphatic carbocycles. The smallest absolute Gasteiger partial charge is 0.264 e. The number of amides is 1. The van der Waals surface area contributed by atoms with Gasteiger partial charge in [-0.2, -0.15) is 5.10 Å². The molecule has 0 saturated heterocycles. The number of benzene rings is 2. The number of rotatable bonds is 5. The van der Waals surface area contributed by atoms with E-state index in [1.165, 1.54) is 6.08 Å². The summed E-state index contributed by atoms with van der Waals surface area (Å²) in [5.74, 6) is -0.291.